The summed E-state index contributed by atoms with van der Waals surface area (Å²) in [7, 11) is 0. The predicted octanol–water partition coefficient (Wildman–Crippen LogP) is 1.07. The van der Waals surface area contributed by atoms with Crippen LogP contribution in [-0.4, -0.2) is 23.7 Å². The maximum Gasteiger partial charge on any atom is 0.221 e. The van der Waals surface area contributed by atoms with Gasteiger partial charge in [0.25, 0.3) is 0 Å². The fraction of sp³-hybridized carbons (Fsp3) is 0.636. The lowest BCUT2D eigenvalue weighted by atomic mass is 10.2. The van der Waals surface area contributed by atoms with E-state index >= 15 is 0 Å². The first-order valence-corrected chi connectivity index (χ1v) is 5.60. The minimum Gasteiger partial charge on any atom is -0.364 e. The molecule has 90 valence electrons. The third kappa shape index (κ3) is 4.93. The summed E-state index contributed by atoms with van der Waals surface area (Å²) >= 11 is 0. The Bertz CT molecular complexity index is 298. The number of carbonyl (C=O) groups excluding carboxylic acids is 1. The summed E-state index contributed by atoms with van der Waals surface area (Å²) in [6.07, 6.45) is 4.70. The Kier molecular flexibility index (Phi) is 5.56. The summed E-state index contributed by atoms with van der Waals surface area (Å²) in [5, 5.41) is 9.65. The summed E-state index contributed by atoms with van der Waals surface area (Å²) in [6, 6.07) is 0.255. The molecule has 1 aromatic rings. The largest absolute Gasteiger partial charge is 0.364 e. The van der Waals surface area contributed by atoms with Gasteiger partial charge in [0.05, 0.1) is 6.20 Å². The first-order valence-electron chi connectivity index (χ1n) is 5.60. The molecule has 0 spiro atoms. The van der Waals surface area contributed by atoms with Crippen LogP contribution in [0, 0.1) is 0 Å². The molecule has 0 aromatic carbocycles. The van der Waals surface area contributed by atoms with Crippen LogP contribution in [0.4, 0.5) is 0 Å². The second kappa shape index (κ2) is 7.00. The van der Waals surface area contributed by atoms with E-state index < -0.39 is 0 Å². The van der Waals surface area contributed by atoms with Crippen LogP contribution in [0.1, 0.15) is 32.3 Å². The molecule has 0 saturated heterocycles. The van der Waals surface area contributed by atoms with Gasteiger partial charge < -0.3 is 15.2 Å². The Morgan fingerprint density at radius 3 is 3.06 bits per heavy atom. The normalized spacial score (nSPS) is 12.4. The van der Waals surface area contributed by atoms with E-state index in [1.54, 1.807) is 12.5 Å². The van der Waals surface area contributed by atoms with Crippen molar-refractivity contribution in [2.75, 3.05) is 6.54 Å². The molecule has 0 aliphatic rings. The molecular formula is C11H19N3O2. The van der Waals surface area contributed by atoms with Crippen molar-refractivity contribution in [1.29, 1.82) is 0 Å². The Balaban J connectivity index is 2.04. The molecule has 1 rings (SSSR count). The van der Waals surface area contributed by atoms with E-state index in [9.17, 15) is 4.79 Å². The van der Waals surface area contributed by atoms with Crippen LogP contribution in [0.25, 0.3) is 0 Å². The van der Waals surface area contributed by atoms with Crippen molar-refractivity contribution < 1.29 is 9.32 Å². The number of nitrogens with one attached hydrogen (secondary N) is 2. The van der Waals surface area contributed by atoms with Crippen molar-refractivity contribution in [2.24, 2.45) is 0 Å². The van der Waals surface area contributed by atoms with Crippen molar-refractivity contribution in [2.45, 2.75) is 39.3 Å². The summed E-state index contributed by atoms with van der Waals surface area (Å²) < 4.78 is 4.69. The fourth-order valence-electron chi connectivity index (χ4n) is 1.20. The quantitative estimate of drug-likeness (QED) is 0.681. The summed E-state index contributed by atoms with van der Waals surface area (Å²) in [5.41, 5.74) is 0.988. The van der Waals surface area contributed by atoms with Crippen LogP contribution in [0.5, 0.6) is 0 Å². The van der Waals surface area contributed by atoms with E-state index in [2.05, 4.69) is 22.7 Å². The van der Waals surface area contributed by atoms with Crippen molar-refractivity contribution in [3.63, 3.8) is 0 Å². The third-order valence-electron chi connectivity index (χ3n) is 2.36. The number of rotatable bonds is 7. The van der Waals surface area contributed by atoms with Gasteiger partial charge in [-0.2, -0.15) is 0 Å². The van der Waals surface area contributed by atoms with Crippen LogP contribution in [0.15, 0.2) is 17.0 Å². The summed E-state index contributed by atoms with van der Waals surface area (Å²) in [4.78, 5) is 11.4. The molecule has 5 heteroatoms. The number of aromatic nitrogens is 1. The van der Waals surface area contributed by atoms with E-state index in [1.165, 1.54) is 0 Å². The molecule has 2 N–H and O–H groups in total. The lowest BCUT2D eigenvalue weighted by molar-refractivity contribution is -0.121. The van der Waals surface area contributed by atoms with Crippen molar-refractivity contribution in [1.82, 2.24) is 15.8 Å². The van der Waals surface area contributed by atoms with Gasteiger partial charge in [-0.25, -0.2) is 0 Å². The van der Waals surface area contributed by atoms with Gasteiger partial charge in [0.1, 0.15) is 6.26 Å². The Morgan fingerprint density at radius 2 is 2.44 bits per heavy atom. The molecule has 1 unspecified atom stereocenters. The molecule has 0 saturated carbocycles. The predicted molar refractivity (Wildman–Crippen MR) is 60.7 cm³/mol. The number of hydrogen-bond donors (Lipinski definition) is 2. The van der Waals surface area contributed by atoms with Gasteiger partial charge in [-0.1, -0.05) is 12.1 Å². The van der Waals surface area contributed by atoms with Gasteiger partial charge in [-0.15, -0.1) is 0 Å². The molecule has 0 aliphatic heterocycles. The second-order valence-electron chi connectivity index (χ2n) is 3.84. The van der Waals surface area contributed by atoms with Gasteiger partial charge in [0.2, 0.25) is 5.91 Å². The van der Waals surface area contributed by atoms with Crippen LogP contribution in [-0.2, 0) is 11.3 Å². The van der Waals surface area contributed by atoms with Crippen LogP contribution in [0.2, 0.25) is 0 Å². The molecule has 0 aliphatic carbocycles. The van der Waals surface area contributed by atoms with E-state index in [1.807, 2.05) is 6.92 Å². The Morgan fingerprint density at radius 1 is 1.62 bits per heavy atom. The number of nitrogens with zero attached hydrogens (tertiary/aromatic N) is 1. The smallest absolute Gasteiger partial charge is 0.221 e. The molecule has 0 radical (unpaired) electrons. The molecule has 1 atom stereocenters. The maximum absolute atomic E-state index is 11.4. The third-order valence-corrected chi connectivity index (χ3v) is 2.36. The van der Waals surface area contributed by atoms with Gasteiger partial charge in [0, 0.05) is 31.1 Å². The zero-order valence-electron chi connectivity index (χ0n) is 9.82. The van der Waals surface area contributed by atoms with Gasteiger partial charge >= 0.3 is 0 Å². The summed E-state index contributed by atoms with van der Waals surface area (Å²) in [6.45, 7) is 5.39. The highest BCUT2D eigenvalue weighted by atomic mass is 16.5. The summed E-state index contributed by atoms with van der Waals surface area (Å²) in [5.74, 6) is 0.0900. The standard InChI is InChI=1S/C11H19N3O2/c1-3-9(2)14-11(15)4-5-12-6-10-7-13-16-8-10/h7-9,12H,3-6H2,1-2H3,(H,14,15). The minimum atomic E-state index is 0.0900. The van der Waals surface area contributed by atoms with Crippen LogP contribution < -0.4 is 10.6 Å². The number of amides is 1. The lowest BCUT2D eigenvalue weighted by Gasteiger charge is -2.11. The molecule has 1 heterocycles. The van der Waals surface area contributed by atoms with Crippen LogP contribution in [0.3, 0.4) is 0 Å². The molecule has 1 amide bonds. The Labute approximate surface area is 95.6 Å². The molecule has 16 heavy (non-hydrogen) atoms. The molecular weight excluding hydrogens is 206 g/mol. The first-order chi connectivity index (χ1) is 7.72. The van der Waals surface area contributed by atoms with Crippen molar-refractivity contribution in [3.05, 3.63) is 18.0 Å². The van der Waals surface area contributed by atoms with Gasteiger partial charge in [-0.05, 0) is 13.3 Å². The highest BCUT2D eigenvalue weighted by molar-refractivity contribution is 5.76. The number of hydrogen-bond acceptors (Lipinski definition) is 4. The highest BCUT2D eigenvalue weighted by Gasteiger charge is 2.04. The highest BCUT2D eigenvalue weighted by Crippen LogP contribution is 1.95. The monoisotopic (exact) mass is 225 g/mol. The number of carbonyl (C=O) groups is 1. The van der Waals surface area contributed by atoms with E-state index in [-0.39, 0.29) is 11.9 Å². The topological polar surface area (TPSA) is 67.2 Å². The van der Waals surface area contributed by atoms with Crippen molar-refractivity contribution in [3.8, 4) is 0 Å². The van der Waals surface area contributed by atoms with Crippen LogP contribution >= 0.6 is 0 Å². The average molecular weight is 225 g/mol. The van der Waals surface area contributed by atoms with Gasteiger partial charge in [0.15, 0.2) is 0 Å². The van der Waals surface area contributed by atoms with E-state index in [0.717, 1.165) is 12.0 Å². The fourth-order valence-corrected chi connectivity index (χ4v) is 1.20. The molecule has 0 fully saturated rings. The van der Waals surface area contributed by atoms with E-state index in [4.69, 9.17) is 4.52 Å². The Hall–Kier alpha value is -1.36. The molecule has 1 aromatic heterocycles. The molecule has 0 bridgehead atoms. The van der Waals surface area contributed by atoms with Crippen molar-refractivity contribution >= 4 is 5.91 Å². The second-order valence-corrected chi connectivity index (χ2v) is 3.84. The maximum atomic E-state index is 11.4. The van der Waals surface area contributed by atoms with E-state index in [0.29, 0.717) is 19.5 Å². The lowest BCUT2D eigenvalue weighted by Crippen LogP contribution is -2.33. The zero-order chi connectivity index (χ0) is 11.8. The first kappa shape index (κ1) is 12.7. The van der Waals surface area contributed by atoms with Gasteiger partial charge in [-0.3, -0.25) is 4.79 Å². The SMILES string of the molecule is CCC(C)NC(=O)CCNCc1cnoc1. The average Bonchev–Trinajstić information content (AvgIpc) is 2.77. The zero-order valence-corrected chi connectivity index (χ0v) is 9.82. The molecule has 5 nitrogen and oxygen atoms in total. The minimum absolute atomic E-state index is 0.0900.